The van der Waals surface area contributed by atoms with E-state index in [0.717, 1.165) is 0 Å². The number of anilines is 1. The Kier molecular flexibility index (Phi) is 4.11. The van der Waals surface area contributed by atoms with Gasteiger partial charge in [0, 0.05) is 17.7 Å². The number of aromatic nitrogens is 1. The van der Waals surface area contributed by atoms with E-state index in [2.05, 4.69) is 15.5 Å². The number of phenolic OH excluding ortho intramolecular Hbond substituents is 1. The number of nitro groups is 1. The molecular formula is C12H9ClN4O3. The van der Waals surface area contributed by atoms with Gasteiger partial charge in [-0.1, -0.05) is 17.7 Å². The molecule has 0 radical (unpaired) electrons. The van der Waals surface area contributed by atoms with Gasteiger partial charge in [0.2, 0.25) is 0 Å². The molecule has 0 aliphatic carbocycles. The van der Waals surface area contributed by atoms with E-state index in [1.54, 1.807) is 18.2 Å². The van der Waals surface area contributed by atoms with Crippen LogP contribution in [0.1, 0.15) is 5.56 Å². The zero-order valence-electron chi connectivity index (χ0n) is 10.0. The van der Waals surface area contributed by atoms with Gasteiger partial charge >= 0.3 is 0 Å². The van der Waals surface area contributed by atoms with E-state index in [0.29, 0.717) is 11.0 Å². The summed E-state index contributed by atoms with van der Waals surface area (Å²) >= 11 is 5.70. The van der Waals surface area contributed by atoms with E-state index in [-0.39, 0.29) is 17.0 Å². The maximum atomic E-state index is 10.6. The Bertz CT molecular complexity index is 676. The first kappa shape index (κ1) is 13.8. The predicted octanol–water partition coefficient (Wildman–Crippen LogP) is 2.79. The summed E-state index contributed by atoms with van der Waals surface area (Å²) in [6.07, 6.45) is 1.25. The molecule has 0 fully saturated rings. The summed E-state index contributed by atoms with van der Waals surface area (Å²) < 4.78 is 0. The monoisotopic (exact) mass is 292 g/mol. The van der Waals surface area contributed by atoms with Gasteiger partial charge in [0.15, 0.2) is 0 Å². The summed E-state index contributed by atoms with van der Waals surface area (Å²) in [5.41, 5.74) is 2.69. The van der Waals surface area contributed by atoms with Crippen LogP contribution in [0.2, 0.25) is 5.15 Å². The van der Waals surface area contributed by atoms with Crippen LogP contribution < -0.4 is 5.43 Å². The number of hydrazone groups is 1. The number of nitro benzene ring substituents is 1. The number of rotatable bonds is 4. The molecule has 1 aromatic heterocycles. The minimum Gasteiger partial charge on any atom is -0.507 e. The van der Waals surface area contributed by atoms with Gasteiger partial charge in [0.1, 0.15) is 16.7 Å². The van der Waals surface area contributed by atoms with Gasteiger partial charge in [-0.15, -0.1) is 0 Å². The number of pyridine rings is 1. The first-order valence-electron chi connectivity index (χ1n) is 5.45. The number of aromatic hydroxyl groups is 1. The van der Waals surface area contributed by atoms with Gasteiger partial charge in [-0.25, -0.2) is 4.98 Å². The maximum Gasteiger partial charge on any atom is 0.270 e. The molecule has 0 aliphatic rings. The van der Waals surface area contributed by atoms with Crippen molar-refractivity contribution in [2.45, 2.75) is 0 Å². The second-order valence-electron chi connectivity index (χ2n) is 3.72. The minimum absolute atomic E-state index is 0.111. The van der Waals surface area contributed by atoms with Crippen LogP contribution in [0.15, 0.2) is 41.5 Å². The summed E-state index contributed by atoms with van der Waals surface area (Å²) in [6.45, 7) is 0. The van der Waals surface area contributed by atoms with E-state index in [9.17, 15) is 15.2 Å². The molecule has 2 rings (SSSR count). The van der Waals surface area contributed by atoms with Crippen molar-refractivity contribution < 1.29 is 10.0 Å². The van der Waals surface area contributed by atoms with Crippen LogP contribution in [0.5, 0.6) is 5.75 Å². The second-order valence-corrected chi connectivity index (χ2v) is 4.10. The number of halogens is 1. The Balaban J connectivity index is 2.15. The van der Waals surface area contributed by atoms with Gasteiger partial charge in [0.05, 0.1) is 11.1 Å². The summed E-state index contributed by atoms with van der Waals surface area (Å²) in [6, 6.07) is 8.61. The molecule has 0 unspecified atom stereocenters. The summed E-state index contributed by atoms with van der Waals surface area (Å²) in [5.74, 6) is 0.305. The van der Waals surface area contributed by atoms with Gasteiger partial charge in [-0.2, -0.15) is 5.10 Å². The standard InChI is InChI=1S/C12H9ClN4O3/c13-11-2-1-3-12(15-11)16-14-7-8-6-9(17(19)20)4-5-10(8)18/h1-7,18H,(H,15,16)/b14-7-. The fourth-order valence-corrected chi connectivity index (χ4v) is 1.56. The van der Waals surface area contributed by atoms with Gasteiger partial charge in [-0.05, 0) is 18.2 Å². The van der Waals surface area contributed by atoms with E-state index >= 15 is 0 Å². The molecular weight excluding hydrogens is 284 g/mol. The average molecular weight is 293 g/mol. The molecule has 2 aromatic rings. The zero-order chi connectivity index (χ0) is 14.5. The molecule has 0 saturated carbocycles. The fraction of sp³-hybridized carbons (Fsp3) is 0. The highest BCUT2D eigenvalue weighted by Gasteiger charge is 2.08. The van der Waals surface area contributed by atoms with Crippen molar-refractivity contribution in [3.8, 4) is 5.75 Å². The molecule has 2 N–H and O–H groups in total. The van der Waals surface area contributed by atoms with Crippen LogP contribution in [0.25, 0.3) is 0 Å². The molecule has 1 heterocycles. The highest BCUT2D eigenvalue weighted by molar-refractivity contribution is 6.29. The Morgan fingerprint density at radius 3 is 2.90 bits per heavy atom. The average Bonchev–Trinajstić information content (AvgIpc) is 2.40. The van der Waals surface area contributed by atoms with Crippen molar-refractivity contribution in [1.82, 2.24) is 4.98 Å². The van der Waals surface area contributed by atoms with Crippen LogP contribution in [-0.4, -0.2) is 21.2 Å². The number of hydrogen-bond acceptors (Lipinski definition) is 6. The van der Waals surface area contributed by atoms with E-state index in [1.165, 1.54) is 24.4 Å². The Morgan fingerprint density at radius 1 is 1.40 bits per heavy atom. The van der Waals surface area contributed by atoms with Crippen molar-refractivity contribution >= 4 is 29.3 Å². The third kappa shape index (κ3) is 3.42. The summed E-state index contributed by atoms with van der Waals surface area (Å²) in [4.78, 5) is 14.0. The summed E-state index contributed by atoms with van der Waals surface area (Å²) in [5, 5.41) is 24.4. The topological polar surface area (TPSA) is 101 Å². The first-order valence-corrected chi connectivity index (χ1v) is 5.83. The number of nitrogens with zero attached hydrogens (tertiary/aromatic N) is 3. The predicted molar refractivity (Wildman–Crippen MR) is 75.2 cm³/mol. The Morgan fingerprint density at radius 2 is 2.20 bits per heavy atom. The number of phenols is 1. The molecule has 0 spiro atoms. The molecule has 102 valence electrons. The highest BCUT2D eigenvalue weighted by Crippen LogP contribution is 2.21. The van der Waals surface area contributed by atoms with Crippen molar-refractivity contribution in [3.05, 3.63) is 57.2 Å². The molecule has 1 aromatic carbocycles. The molecule has 7 nitrogen and oxygen atoms in total. The molecule has 0 amide bonds. The maximum absolute atomic E-state index is 10.6. The van der Waals surface area contributed by atoms with Crippen LogP contribution in [0.3, 0.4) is 0 Å². The lowest BCUT2D eigenvalue weighted by Crippen LogP contribution is -1.95. The number of benzene rings is 1. The van der Waals surface area contributed by atoms with Crippen molar-refractivity contribution in [3.63, 3.8) is 0 Å². The highest BCUT2D eigenvalue weighted by atomic mass is 35.5. The van der Waals surface area contributed by atoms with E-state index in [1.807, 2.05) is 0 Å². The molecule has 20 heavy (non-hydrogen) atoms. The molecule has 0 aliphatic heterocycles. The lowest BCUT2D eigenvalue weighted by Gasteiger charge is -2.00. The Hall–Kier alpha value is -2.67. The van der Waals surface area contributed by atoms with E-state index < -0.39 is 4.92 Å². The third-order valence-corrected chi connectivity index (χ3v) is 2.53. The smallest absolute Gasteiger partial charge is 0.270 e. The molecule has 0 bridgehead atoms. The van der Waals surface area contributed by atoms with Crippen LogP contribution in [-0.2, 0) is 0 Å². The van der Waals surface area contributed by atoms with Crippen LogP contribution >= 0.6 is 11.6 Å². The van der Waals surface area contributed by atoms with Crippen LogP contribution in [0, 0.1) is 10.1 Å². The third-order valence-electron chi connectivity index (χ3n) is 2.32. The number of nitrogens with one attached hydrogen (secondary N) is 1. The number of non-ortho nitro benzene ring substituents is 1. The van der Waals surface area contributed by atoms with Gasteiger partial charge in [-0.3, -0.25) is 15.5 Å². The minimum atomic E-state index is -0.553. The normalized spacial score (nSPS) is 10.7. The van der Waals surface area contributed by atoms with Crippen molar-refractivity contribution in [2.24, 2.45) is 5.10 Å². The summed E-state index contributed by atoms with van der Waals surface area (Å²) in [7, 11) is 0. The van der Waals surface area contributed by atoms with Gasteiger partial charge in [0.25, 0.3) is 5.69 Å². The molecule has 0 saturated heterocycles. The largest absolute Gasteiger partial charge is 0.507 e. The quantitative estimate of drug-likeness (QED) is 0.390. The SMILES string of the molecule is O=[N+]([O-])c1ccc(O)c(/C=N\Nc2cccc(Cl)n2)c1. The van der Waals surface area contributed by atoms with Gasteiger partial charge < -0.3 is 5.11 Å². The zero-order valence-corrected chi connectivity index (χ0v) is 10.8. The molecule has 8 heteroatoms. The number of hydrogen-bond donors (Lipinski definition) is 2. The first-order chi connectivity index (χ1) is 9.56. The second kappa shape index (κ2) is 5.98. The fourth-order valence-electron chi connectivity index (χ4n) is 1.40. The molecule has 0 atom stereocenters. The lowest BCUT2D eigenvalue weighted by atomic mass is 10.2. The lowest BCUT2D eigenvalue weighted by molar-refractivity contribution is -0.384. The Labute approximate surface area is 118 Å². The van der Waals surface area contributed by atoms with Crippen LogP contribution in [0.4, 0.5) is 11.5 Å². The van der Waals surface area contributed by atoms with Crippen molar-refractivity contribution in [1.29, 1.82) is 0 Å². The van der Waals surface area contributed by atoms with E-state index in [4.69, 9.17) is 11.6 Å². The van der Waals surface area contributed by atoms with Crippen molar-refractivity contribution in [2.75, 3.05) is 5.43 Å².